The first-order valence-corrected chi connectivity index (χ1v) is 10.5. The lowest BCUT2D eigenvalue weighted by atomic mass is 10.00. The molecule has 1 N–H and O–H groups in total. The van der Waals surface area contributed by atoms with E-state index in [4.69, 9.17) is 0 Å². The number of benzene rings is 2. The van der Waals surface area contributed by atoms with E-state index in [-0.39, 0.29) is 23.7 Å². The zero-order valence-electron chi connectivity index (χ0n) is 18.1. The Balaban J connectivity index is 1.62. The van der Waals surface area contributed by atoms with Gasteiger partial charge in [0.05, 0.1) is 24.7 Å². The standard InChI is InChI=1S/C23H20F3N5O3/c1-14-15(3-2-4-19(14)23(24,25)26)12-31-20(32)16(11-27)13-30(22(31)34)18-7-5-17(6-8-18)29-10-9-28-21(29)33/h2-8,16H,9-10,12-13H2,1H3,(H,28,33). The highest BCUT2D eigenvalue weighted by Crippen LogP contribution is 2.34. The number of halogens is 3. The molecule has 0 bridgehead atoms. The lowest BCUT2D eigenvalue weighted by Crippen LogP contribution is -2.56. The molecule has 0 aliphatic carbocycles. The van der Waals surface area contributed by atoms with Crippen molar-refractivity contribution in [3.63, 3.8) is 0 Å². The maximum Gasteiger partial charge on any atom is 0.416 e. The molecule has 0 saturated carbocycles. The van der Waals surface area contributed by atoms with Crippen molar-refractivity contribution in [1.29, 1.82) is 5.26 Å². The third kappa shape index (κ3) is 4.14. The molecule has 1 unspecified atom stereocenters. The zero-order valence-corrected chi connectivity index (χ0v) is 18.1. The van der Waals surface area contributed by atoms with Crippen molar-refractivity contribution in [3.05, 3.63) is 59.2 Å². The predicted molar refractivity (Wildman–Crippen MR) is 116 cm³/mol. The van der Waals surface area contributed by atoms with Crippen molar-refractivity contribution in [2.24, 2.45) is 5.92 Å². The van der Waals surface area contributed by atoms with Crippen molar-refractivity contribution in [1.82, 2.24) is 10.2 Å². The van der Waals surface area contributed by atoms with E-state index in [1.165, 1.54) is 28.9 Å². The fourth-order valence-electron chi connectivity index (χ4n) is 4.09. The van der Waals surface area contributed by atoms with Gasteiger partial charge in [-0.1, -0.05) is 12.1 Å². The minimum absolute atomic E-state index is 0.0885. The quantitative estimate of drug-likeness (QED) is 0.736. The van der Waals surface area contributed by atoms with Gasteiger partial charge in [-0.25, -0.2) is 9.59 Å². The summed E-state index contributed by atoms with van der Waals surface area (Å²) < 4.78 is 39.9. The van der Waals surface area contributed by atoms with Gasteiger partial charge in [-0.2, -0.15) is 18.4 Å². The van der Waals surface area contributed by atoms with E-state index >= 15 is 0 Å². The first kappa shape index (κ1) is 23.1. The highest BCUT2D eigenvalue weighted by molar-refractivity contribution is 6.07. The Morgan fingerprint density at radius 1 is 1.06 bits per heavy atom. The second kappa shape index (κ2) is 8.70. The van der Waals surface area contributed by atoms with Gasteiger partial charge in [-0.3, -0.25) is 19.5 Å². The molecule has 2 aliphatic heterocycles. The smallest absolute Gasteiger partial charge is 0.336 e. The Bertz CT molecular complexity index is 1190. The average Bonchev–Trinajstić information content (AvgIpc) is 3.23. The number of nitriles is 1. The monoisotopic (exact) mass is 471 g/mol. The molecule has 2 fully saturated rings. The number of anilines is 2. The number of rotatable bonds is 4. The Morgan fingerprint density at radius 2 is 1.71 bits per heavy atom. The van der Waals surface area contributed by atoms with Gasteiger partial charge in [0.25, 0.3) is 0 Å². The van der Waals surface area contributed by atoms with Gasteiger partial charge in [-0.15, -0.1) is 0 Å². The van der Waals surface area contributed by atoms with Gasteiger partial charge < -0.3 is 5.32 Å². The molecule has 2 aromatic carbocycles. The molecule has 0 radical (unpaired) electrons. The number of nitrogens with one attached hydrogen (secondary N) is 1. The third-order valence-corrected chi connectivity index (χ3v) is 5.96. The number of hydrogen-bond donors (Lipinski definition) is 1. The van der Waals surface area contributed by atoms with Crippen LogP contribution in [0.4, 0.5) is 34.1 Å². The first-order chi connectivity index (χ1) is 16.1. The maximum atomic E-state index is 13.3. The van der Waals surface area contributed by atoms with E-state index in [0.717, 1.165) is 11.0 Å². The van der Waals surface area contributed by atoms with Gasteiger partial charge in [0, 0.05) is 24.5 Å². The number of carbonyl (C=O) groups is 3. The summed E-state index contributed by atoms with van der Waals surface area (Å²) in [5, 5.41) is 12.2. The molecule has 2 heterocycles. The van der Waals surface area contributed by atoms with Crippen molar-refractivity contribution in [3.8, 4) is 6.07 Å². The summed E-state index contributed by atoms with van der Waals surface area (Å²) in [5.41, 5.74) is 0.233. The molecule has 8 nitrogen and oxygen atoms in total. The molecular formula is C23H20F3N5O3. The summed E-state index contributed by atoms with van der Waals surface area (Å²) >= 11 is 0. The summed E-state index contributed by atoms with van der Waals surface area (Å²) in [7, 11) is 0. The fourth-order valence-corrected chi connectivity index (χ4v) is 4.09. The number of hydrogen-bond acceptors (Lipinski definition) is 4. The average molecular weight is 471 g/mol. The summed E-state index contributed by atoms with van der Waals surface area (Å²) in [6, 6.07) is 11.0. The fraction of sp³-hybridized carbons (Fsp3) is 0.304. The number of amides is 5. The van der Waals surface area contributed by atoms with E-state index in [1.54, 1.807) is 24.3 Å². The van der Waals surface area contributed by atoms with E-state index < -0.39 is 36.1 Å². The van der Waals surface area contributed by atoms with Crippen LogP contribution in [0.1, 0.15) is 16.7 Å². The molecule has 2 aliphatic rings. The van der Waals surface area contributed by atoms with Crippen LogP contribution in [-0.2, 0) is 17.5 Å². The lowest BCUT2D eigenvalue weighted by Gasteiger charge is -2.36. The topological polar surface area (TPSA) is 96.8 Å². The number of imide groups is 1. The van der Waals surface area contributed by atoms with Gasteiger partial charge in [-0.05, 0) is 48.4 Å². The third-order valence-electron chi connectivity index (χ3n) is 5.96. The molecule has 0 aromatic heterocycles. The van der Waals surface area contributed by atoms with Crippen LogP contribution in [0.2, 0.25) is 0 Å². The van der Waals surface area contributed by atoms with Gasteiger partial charge in [0.15, 0.2) is 0 Å². The van der Waals surface area contributed by atoms with Crippen LogP contribution in [0.5, 0.6) is 0 Å². The number of urea groups is 2. The number of alkyl halides is 3. The first-order valence-electron chi connectivity index (χ1n) is 10.5. The van der Waals surface area contributed by atoms with Crippen LogP contribution < -0.4 is 15.1 Å². The largest absolute Gasteiger partial charge is 0.416 e. The van der Waals surface area contributed by atoms with Crippen LogP contribution >= 0.6 is 0 Å². The van der Waals surface area contributed by atoms with Crippen LogP contribution in [0.25, 0.3) is 0 Å². The molecule has 4 rings (SSSR count). The SMILES string of the molecule is Cc1c(CN2C(=O)C(C#N)CN(c3ccc(N4CCNC4=O)cc3)C2=O)cccc1C(F)(F)F. The molecule has 11 heteroatoms. The van der Waals surface area contributed by atoms with Crippen molar-refractivity contribution < 1.29 is 27.6 Å². The second-order valence-corrected chi connectivity index (χ2v) is 7.99. The van der Waals surface area contributed by atoms with E-state index in [9.17, 15) is 32.8 Å². The van der Waals surface area contributed by atoms with E-state index in [0.29, 0.717) is 24.5 Å². The Labute approximate surface area is 193 Å². The van der Waals surface area contributed by atoms with Gasteiger partial charge in [0.1, 0.15) is 5.92 Å². The van der Waals surface area contributed by atoms with Crippen LogP contribution in [-0.4, -0.2) is 42.5 Å². The highest BCUT2D eigenvalue weighted by Gasteiger charge is 2.41. The zero-order chi connectivity index (χ0) is 24.6. The Hall–Kier alpha value is -4.07. The minimum Gasteiger partial charge on any atom is -0.336 e. The predicted octanol–water partition coefficient (Wildman–Crippen LogP) is 3.65. The van der Waals surface area contributed by atoms with Crippen molar-refractivity contribution >= 4 is 29.3 Å². The second-order valence-electron chi connectivity index (χ2n) is 7.99. The van der Waals surface area contributed by atoms with Gasteiger partial charge in [0.2, 0.25) is 5.91 Å². The minimum atomic E-state index is -4.58. The Morgan fingerprint density at radius 3 is 2.26 bits per heavy atom. The number of nitrogens with zero attached hydrogens (tertiary/aromatic N) is 4. The molecule has 1 atom stereocenters. The molecule has 34 heavy (non-hydrogen) atoms. The molecular weight excluding hydrogens is 451 g/mol. The summed E-state index contributed by atoms with van der Waals surface area (Å²) in [6.07, 6.45) is -4.58. The molecule has 2 saturated heterocycles. The summed E-state index contributed by atoms with van der Waals surface area (Å²) in [6.45, 7) is 1.71. The van der Waals surface area contributed by atoms with Crippen LogP contribution in [0.15, 0.2) is 42.5 Å². The van der Waals surface area contributed by atoms with Crippen molar-refractivity contribution in [2.75, 3.05) is 29.4 Å². The normalized spacial score (nSPS) is 18.9. The van der Waals surface area contributed by atoms with Crippen LogP contribution in [0, 0.1) is 24.2 Å². The molecule has 2 aromatic rings. The van der Waals surface area contributed by atoms with E-state index in [1.807, 2.05) is 6.07 Å². The maximum absolute atomic E-state index is 13.3. The van der Waals surface area contributed by atoms with E-state index in [2.05, 4.69) is 5.32 Å². The summed E-state index contributed by atoms with van der Waals surface area (Å²) in [5.74, 6) is -1.93. The molecule has 5 amide bonds. The lowest BCUT2D eigenvalue weighted by molar-refractivity contribution is -0.138. The summed E-state index contributed by atoms with van der Waals surface area (Å²) in [4.78, 5) is 41.4. The highest BCUT2D eigenvalue weighted by atomic mass is 19.4. The molecule has 176 valence electrons. The Kier molecular flexibility index (Phi) is 5.91. The van der Waals surface area contributed by atoms with Gasteiger partial charge >= 0.3 is 18.2 Å². The molecule has 0 spiro atoms. The van der Waals surface area contributed by atoms with Crippen molar-refractivity contribution in [2.45, 2.75) is 19.6 Å². The number of carbonyl (C=O) groups excluding carboxylic acids is 3. The van der Waals surface area contributed by atoms with Crippen LogP contribution in [0.3, 0.4) is 0 Å².